The third-order valence-corrected chi connectivity index (χ3v) is 4.87. The van der Waals surface area contributed by atoms with E-state index in [1.807, 2.05) is 11.8 Å². The SMILES string of the molecule is O=c1cc(I)cnn1CC1CSc2ccccc21. The second kappa shape index (κ2) is 5.05. The average molecular weight is 370 g/mol. The van der Waals surface area contributed by atoms with Gasteiger partial charge in [-0.2, -0.15) is 5.10 Å². The zero-order valence-electron chi connectivity index (χ0n) is 9.54. The molecule has 2 heterocycles. The van der Waals surface area contributed by atoms with Crippen LogP contribution in [-0.4, -0.2) is 15.5 Å². The molecule has 0 amide bonds. The van der Waals surface area contributed by atoms with Crippen LogP contribution in [0.4, 0.5) is 0 Å². The molecule has 92 valence electrons. The van der Waals surface area contributed by atoms with Gasteiger partial charge in [-0.25, -0.2) is 4.68 Å². The van der Waals surface area contributed by atoms with Crippen LogP contribution in [0.1, 0.15) is 11.5 Å². The summed E-state index contributed by atoms with van der Waals surface area (Å²) >= 11 is 3.97. The van der Waals surface area contributed by atoms with Gasteiger partial charge in [0.25, 0.3) is 5.56 Å². The number of fused-ring (bicyclic) bond motifs is 1. The van der Waals surface area contributed by atoms with Crippen LogP contribution in [0.5, 0.6) is 0 Å². The van der Waals surface area contributed by atoms with Crippen molar-refractivity contribution < 1.29 is 0 Å². The van der Waals surface area contributed by atoms with Gasteiger partial charge in [0.1, 0.15) is 0 Å². The Balaban J connectivity index is 1.89. The van der Waals surface area contributed by atoms with E-state index in [9.17, 15) is 4.79 Å². The molecule has 0 spiro atoms. The molecule has 2 aromatic rings. The molecular weight excluding hydrogens is 359 g/mol. The Labute approximate surface area is 123 Å². The first-order valence-electron chi connectivity index (χ1n) is 5.68. The summed E-state index contributed by atoms with van der Waals surface area (Å²) in [5.41, 5.74) is 1.33. The fraction of sp³-hybridized carbons (Fsp3) is 0.231. The molecule has 0 fully saturated rings. The van der Waals surface area contributed by atoms with Crippen molar-refractivity contribution in [3.63, 3.8) is 0 Å². The van der Waals surface area contributed by atoms with Crippen LogP contribution in [0.3, 0.4) is 0 Å². The summed E-state index contributed by atoms with van der Waals surface area (Å²) in [6.45, 7) is 0.666. The van der Waals surface area contributed by atoms with Crippen LogP contribution in [-0.2, 0) is 6.54 Å². The van der Waals surface area contributed by atoms with E-state index in [2.05, 4.69) is 52.0 Å². The zero-order valence-corrected chi connectivity index (χ0v) is 12.5. The molecule has 18 heavy (non-hydrogen) atoms. The molecule has 0 aliphatic carbocycles. The molecule has 1 aliphatic rings. The lowest BCUT2D eigenvalue weighted by Crippen LogP contribution is -2.25. The fourth-order valence-electron chi connectivity index (χ4n) is 2.14. The fourth-order valence-corrected chi connectivity index (χ4v) is 3.77. The first-order chi connectivity index (χ1) is 8.74. The maximum atomic E-state index is 11.8. The highest BCUT2D eigenvalue weighted by Gasteiger charge is 2.23. The van der Waals surface area contributed by atoms with E-state index in [4.69, 9.17) is 0 Å². The zero-order chi connectivity index (χ0) is 12.5. The van der Waals surface area contributed by atoms with E-state index in [1.165, 1.54) is 10.5 Å². The lowest BCUT2D eigenvalue weighted by atomic mass is 10.0. The molecule has 3 rings (SSSR count). The molecule has 3 nitrogen and oxygen atoms in total. The summed E-state index contributed by atoms with van der Waals surface area (Å²) < 4.78 is 2.45. The number of aromatic nitrogens is 2. The van der Waals surface area contributed by atoms with E-state index in [-0.39, 0.29) is 5.56 Å². The third-order valence-electron chi connectivity index (χ3n) is 3.03. The van der Waals surface area contributed by atoms with E-state index >= 15 is 0 Å². The number of rotatable bonds is 2. The van der Waals surface area contributed by atoms with Gasteiger partial charge in [0, 0.05) is 26.2 Å². The second-order valence-electron chi connectivity index (χ2n) is 4.24. The Hall–Kier alpha value is -0.820. The monoisotopic (exact) mass is 370 g/mol. The molecular formula is C13H11IN2OS. The molecule has 0 bridgehead atoms. The maximum absolute atomic E-state index is 11.8. The van der Waals surface area contributed by atoms with Gasteiger partial charge in [0.15, 0.2) is 0 Å². The van der Waals surface area contributed by atoms with Crippen molar-refractivity contribution in [2.24, 2.45) is 0 Å². The lowest BCUT2D eigenvalue weighted by Gasteiger charge is -2.11. The van der Waals surface area contributed by atoms with Crippen molar-refractivity contribution in [1.82, 2.24) is 9.78 Å². The van der Waals surface area contributed by atoms with Gasteiger partial charge in [-0.1, -0.05) is 18.2 Å². The quantitative estimate of drug-likeness (QED) is 0.763. The van der Waals surface area contributed by atoms with Crippen LogP contribution < -0.4 is 5.56 Å². The van der Waals surface area contributed by atoms with E-state index in [0.29, 0.717) is 12.5 Å². The molecule has 1 aromatic carbocycles. The Kier molecular flexibility index (Phi) is 3.43. The van der Waals surface area contributed by atoms with Crippen LogP contribution in [0.2, 0.25) is 0 Å². The normalized spacial score (nSPS) is 17.7. The molecule has 5 heteroatoms. The van der Waals surface area contributed by atoms with Gasteiger partial charge in [-0.15, -0.1) is 11.8 Å². The molecule has 1 unspecified atom stereocenters. The topological polar surface area (TPSA) is 34.9 Å². The second-order valence-corrected chi connectivity index (χ2v) is 6.55. The first-order valence-corrected chi connectivity index (χ1v) is 7.75. The van der Waals surface area contributed by atoms with Crippen molar-refractivity contribution in [3.05, 3.63) is 56.0 Å². The predicted molar refractivity (Wildman–Crippen MR) is 81.1 cm³/mol. The van der Waals surface area contributed by atoms with Gasteiger partial charge in [-0.3, -0.25) is 4.79 Å². The summed E-state index contributed by atoms with van der Waals surface area (Å²) in [6.07, 6.45) is 1.73. The van der Waals surface area contributed by atoms with Gasteiger partial charge < -0.3 is 0 Å². The summed E-state index contributed by atoms with van der Waals surface area (Å²) in [7, 11) is 0. The van der Waals surface area contributed by atoms with Crippen molar-refractivity contribution in [2.75, 3.05) is 5.75 Å². The number of halogens is 1. The Morgan fingerprint density at radius 3 is 3.11 bits per heavy atom. The predicted octanol–water partition coefficient (Wildman–Crippen LogP) is 2.74. The number of nitrogens with zero attached hydrogens (tertiary/aromatic N) is 2. The highest BCUT2D eigenvalue weighted by Crippen LogP contribution is 2.39. The maximum Gasteiger partial charge on any atom is 0.267 e. The number of benzene rings is 1. The molecule has 0 saturated carbocycles. The largest absolute Gasteiger partial charge is 0.268 e. The van der Waals surface area contributed by atoms with E-state index in [1.54, 1.807) is 16.9 Å². The highest BCUT2D eigenvalue weighted by molar-refractivity contribution is 14.1. The summed E-state index contributed by atoms with van der Waals surface area (Å²) in [4.78, 5) is 13.2. The smallest absolute Gasteiger partial charge is 0.267 e. The Morgan fingerprint density at radius 1 is 1.44 bits per heavy atom. The molecule has 0 N–H and O–H groups in total. The first kappa shape index (κ1) is 12.2. The van der Waals surface area contributed by atoms with Gasteiger partial charge >= 0.3 is 0 Å². The van der Waals surface area contributed by atoms with Crippen molar-refractivity contribution >= 4 is 34.4 Å². The van der Waals surface area contributed by atoms with Crippen LogP contribution in [0, 0.1) is 3.57 Å². The van der Waals surface area contributed by atoms with Crippen LogP contribution in [0.25, 0.3) is 0 Å². The van der Waals surface area contributed by atoms with Crippen LogP contribution in [0.15, 0.2) is 46.2 Å². The van der Waals surface area contributed by atoms with E-state index in [0.717, 1.165) is 9.32 Å². The van der Waals surface area contributed by atoms with Gasteiger partial charge in [0.05, 0.1) is 12.7 Å². The summed E-state index contributed by atoms with van der Waals surface area (Å²) in [5.74, 6) is 1.41. The minimum absolute atomic E-state index is 0.0173. The van der Waals surface area contributed by atoms with Crippen LogP contribution >= 0.6 is 34.4 Å². The molecule has 0 saturated heterocycles. The van der Waals surface area contributed by atoms with Gasteiger partial charge in [-0.05, 0) is 34.2 Å². The lowest BCUT2D eigenvalue weighted by molar-refractivity contribution is 0.521. The highest BCUT2D eigenvalue weighted by atomic mass is 127. The molecule has 1 aromatic heterocycles. The standard InChI is InChI=1S/C13H11IN2OS/c14-10-5-13(17)16(15-6-10)7-9-8-18-12-4-2-1-3-11(9)12/h1-6,9H,7-8H2. The number of hydrogen-bond donors (Lipinski definition) is 0. The molecule has 1 aliphatic heterocycles. The average Bonchev–Trinajstić information content (AvgIpc) is 2.76. The Morgan fingerprint density at radius 2 is 2.28 bits per heavy atom. The third kappa shape index (κ3) is 2.33. The van der Waals surface area contributed by atoms with Crippen molar-refractivity contribution in [2.45, 2.75) is 17.4 Å². The van der Waals surface area contributed by atoms with Gasteiger partial charge in [0.2, 0.25) is 0 Å². The minimum Gasteiger partial charge on any atom is -0.268 e. The van der Waals surface area contributed by atoms with Crippen molar-refractivity contribution in [1.29, 1.82) is 0 Å². The Bertz CT molecular complexity index is 641. The molecule has 0 radical (unpaired) electrons. The molecule has 1 atom stereocenters. The van der Waals surface area contributed by atoms with E-state index < -0.39 is 0 Å². The minimum atomic E-state index is -0.0173. The number of thioether (sulfide) groups is 1. The summed E-state index contributed by atoms with van der Waals surface area (Å²) in [5, 5.41) is 4.20. The number of hydrogen-bond acceptors (Lipinski definition) is 3. The summed E-state index contributed by atoms with van der Waals surface area (Å²) in [6, 6.07) is 10.0. The van der Waals surface area contributed by atoms with Crippen molar-refractivity contribution in [3.8, 4) is 0 Å².